The normalized spacial score (nSPS) is 13.4. The number of nitrogens with two attached hydrogens (primary N) is 1. The zero-order valence-corrected chi connectivity index (χ0v) is 18.4. The van der Waals surface area contributed by atoms with Crippen molar-refractivity contribution in [3.63, 3.8) is 0 Å². The Labute approximate surface area is 187 Å². The Hall–Kier alpha value is -1.83. The molecule has 0 aliphatic carbocycles. The number of aliphatic hydroxyl groups excluding tert-OH is 1. The Morgan fingerprint density at radius 2 is 1.71 bits per heavy atom. The van der Waals surface area contributed by atoms with Crippen LogP contribution in [0.4, 0.5) is 17.6 Å². The second kappa shape index (κ2) is 12.3. The summed E-state index contributed by atoms with van der Waals surface area (Å²) in [6.07, 6.45) is -2.90. The number of rotatable bonds is 11. The number of hydrogen-bond acceptors (Lipinski definition) is 3. The lowest BCUT2D eigenvalue weighted by atomic mass is 9.90. The summed E-state index contributed by atoms with van der Waals surface area (Å²) in [4.78, 5) is 0. The van der Waals surface area contributed by atoms with Crippen LogP contribution in [0.1, 0.15) is 41.5 Å². The summed E-state index contributed by atoms with van der Waals surface area (Å²) in [6, 6.07) is 11.9. The van der Waals surface area contributed by atoms with Crippen molar-refractivity contribution in [3.8, 4) is 5.75 Å². The van der Waals surface area contributed by atoms with Gasteiger partial charge in [-0.3, -0.25) is 4.39 Å². The third kappa shape index (κ3) is 8.67. The van der Waals surface area contributed by atoms with Crippen molar-refractivity contribution in [2.75, 3.05) is 19.9 Å². The van der Waals surface area contributed by atoms with Crippen LogP contribution in [0.15, 0.2) is 42.5 Å². The molecule has 0 saturated carbocycles. The molecule has 1 atom stereocenters. The van der Waals surface area contributed by atoms with E-state index >= 15 is 0 Å². The van der Waals surface area contributed by atoms with Crippen LogP contribution in [0, 0.1) is 6.92 Å². The molecule has 2 aromatic rings. The highest BCUT2D eigenvalue weighted by Crippen LogP contribution is 2.37. The maximum atomic E-state index is 13.5. The SMILES string of the molecule is Cc1cccc(CCCOc2ccc(CCC(N)(CO)CCF)cc2C(F)(F)F)c1.Cl. The summed E-state index contributed by atoms with van der Waals surface area (Å²) >= 11 is 0. The number of ether oxygens (including phenoxy) is 1. The number of aryl methyl sites for hydroxylation is 3. The van der Waals surface area contributed by atoms with Crippen molar-refractivity contribution in [2.45, 2.75) is 50.7 Å². The molecule has 0 bridgehead atoms. The molecule has 0 fully saturated rings. The molecule has 0 saturated heterocycles. The van der Waals surface area contributed by atoms with Gasteiger partial charge in [0.25, 0.3) is 0 Å². The molecular weight excluding hydrogens is 434 g/mol. The van der Waals surface area contributed by atoms with Crippen LogP contribution in [0.2, 0.25) is 0 Å². The molecule has 8 heteroatoms. The fourth-order valence-electron chi connectivity index (χ4n) is 3.27. The lowest BCUT2D eigenvalue weighted by Gasteiger charge is -2.26. The van der Waals surface area contributed by atoms with Gasteiger partial charge in [0, 0.05) is 5.54 Å². The van der Waals surface area contributed by atoms with E-state index in [-0.39, 0.29) is 44.0 Å². The first-order valence-electron chi connectivity index (χ1n) is 10.0. The van der Waals surface area contributed by atoms with Crippen molar-refractivity contribution < 1.29 is 27.4 Å². The molecule has 3 N–H and O–H groups in total. The largest absolute Gasteiger partial charge is 0.493 e. The van der Waals surface area contributed by atoms with E-state index < -0.39 is 30.6 Å². The van der Waals surface area contributed by atoms with Gasteiger partial charge in [-0.15, -0.1) is 12.4 Å². The van der Waals surface area contributed by atoms with E-state index in [4.69, 9.17) is 10.5 Å². The number of alkyl halides is 4. The predicted molar refractivity (Wildman–Crippen MR) is 117 cm³/mol. The van der Waals surface area contributed by atoms with E-state index in [9.17, 15) is 22.7 Å². The maximum absolute atomic E-state index is 13.5. The highest BCUT2D eigenvalue weighted by molar-refractivity contribution is 5.85. The Morgan fingerprint density at radius 1 is 1.00 bits per heavy atom. The summed E-state index contributed by atoms with van der Waals surface area (Å²) < 4.78 is 58.6. The Morgan fingerprint density at radius 3 is 2.32 bits per heavy atom. The fraction of sp³-hybridized carbons (Fsp3) is 0.478. The molecule has 0 amide bonds. The minimum atomic E-state index is -4.56. The van der Waals surface area contributed by atoms with E-state index in [1.807, 2.05) is 31.2 Å². The van der Waals surface area contributed by atoms with Gasteiger partial charge in [-0.2, -0.15) is 13.2 Å². The van der Waals surface area contributed by atoms with Crippen molar-refractivity contribution in [1.82, 2.24) is 0 Å². The van der Waals surface area contributed by atoms with Gasteiger partial charge in [0.15, 0.2) is 0 Å². The zero-order chi connectivity index (χ0) is 22.2. The van der Waals surface area contributed by atoms with Crippen LogP contribution < -0.4 is 10.5 Å². The van der Waals surface area contributed by atoms with Crippen molar-refractivity contribution in [2.24, 2.45) is 5.73 Å². The van der Waals surface area contributed by atoms with Crippen LogP contribution in [0.3, 0.4) is 0 Å². The van der Waals surface area contributed by atoms with Gasteiger partial charge in [-0.05, 0) is 62.3 Å². The van der Waals surface area contributed by atoms with Gasteiger partial charge in [-0.1, -0.05) is 35.9 Å². The van der Waals surface area contributed by atoms with Gasteiger partial charge in [0.05, 0.1) is 25.5 Å². The Balaban J connectivity index is 0.00000480. The first-order chi connectivity index (χ1) is 14.2. The summed E-state index contributed by atoms with van der Waals surface area (Å²) in [5, 5.41) is 9.35. The van der Waals surface area contributed by atoms with Crippen LogP contribution in [-0.2, 0) is 19.0 Å². The minimum Gasteiger partial charge on any atom is -0.493 e. The first kappa shape index (κ1) is 27.2. The summed E-state index contributed by atoms with van der Waals surface area (Å²) in [5.74, 6) is -0.208. The van der Waals surface area contributed by atoms with Gasteiger partial charge in [0.2, 0.25) is 0 Å². The maximum Gasteiger partial charge on any atom is 0.419 e. The van der Waals surface area contributed by atoms with Crippen molar-refractivity contribution in [3.05, 3.63) is 64.7 Å². The van der Waals surface area contributed by atoms with Crippen LogP contribution in [0.5, 0.6) is 5.75 Å². The molecule has 0 spiro atoms. The van der Waals surface area contributed by atoms with Gasteiger partial charge < -0.3 is 15.6 Å². The van der Waals surface area contributed by atoms with E-state index in [1.165, 1.54) is 6.07 Å². The highest BCUT2D eigenvalue weighted by atomic mass is 35.5. The summed E-state index contributed by atoms with van der Waals surface area (Å²) in [7, 11) is 0. The Bertz CT molecular complexity index is 816. The first-order valence-corrected chi connectivity index (χ1v) is 10.0. The molecule has 0 heterocycles. The molecule has 2 rings (SSSR count). The van der Waals surface area contributed by atoms with E-state index in [0.29, 0.717) is 12.0 Å². The topological polar surface area (TPSA) is 55.5 Å². The Kier molecular flexibility index (Phi) is 10.8. The smallest absolute Gasteiger partial charge is 0.419 e. The van der Waals surface area contributed by atoms with Crippen LogP contribution in [-0.4, -0.2) is 30.5 Å². The molecule has 0 aliphatic rings. The fourth-order valence-corrected chi connectivity index (χ4v) is 3.27. The second-order valence-corrected chi connectivity index (χ2v) is 7.73. The molecule has 3 nitrogen and oxygen atoms in total. The summed E-state index contributed by atoms with van der Waals surface area (Å²) in [5.41, 5.74) is 6.60. The van der Waals surface area contributed by atoms with Crippen molar-refractivity contribution in [1.29, 1.82) is 0 Å². The average molecular weight is 464 g/mol. The number of hydrogen-bond donors (Lipinski definition) is 2. The van der Waals surface area contributed by atoms with Gasteiger partial charge in [0.1, 0.15) is 5.75 Å². The molecule has 1 unspecified atom stereocenters. The zero-order valence-electron chi connectivity index (χ0n) is 17.6. The van der Waals surface area contributed by atoms with Gasteiger partial charge >= 0.3 is 6.18 Å². The van der Waals surface area contributed by atoms with E-state index in [2.05, 4.69) is 0 Å². The average Bonchev–Trinajstić information content (AvgIpc) is 2.70. The monoisotopic (exact) mass is 463 g/mol. The van der Waals surface area contributed by atoms with Crippen LogP contribution in [0.25, 0.3) is 0 Å². The standard InChI is InChI=1S/C23H29F4NO2.ClH/c1-17-4-2-5-18(14-17)6-3-13-30-21-8-7-19(15-20(21)23(25,26)27)9-10-22(28,16-29)11-12-24;/h2,4-5,7-8,14-15,29H,3,6,9-13,16,28H2,1H3;1H. The molecule has 174 valence electrons. The minimum absolute atomic E-state index is 0. The lowest BCUT2D eigenvalue weighted by Crippen LogP contribution is -2.44. The second-order valence-electron chi connectivity index (χ2n) is 7.73. The molecule has 0 radical (unpaired) electrons. The molecule has 31 heavy (non-hydrogen) atoms. The third-order valence-electron chi connectivity index (χ3n) is 5.12. The lowest BCUT2D eigenvalue weighted by molar-refractivity contribution is -0.139. The number of benzene rings is 2. The number of halogens is 5. The molecular formula is C23H30ClF4NO2. The van der Waals surface area contributed by atoms with E-state index in [1.54, 1.807) is 6.07 Å². The molecule has 0 aromatic heterocycles. The van der Waals surface area contributed by atoms with Gasteiger partial charge in [-0.25, -0.2) is 0 Å². The van der Waals surface area contributed by atoms with Crippen molar-refractivity contribution >= 4 is 12.4 Å². The van der Waals surface area contributed by atoms with E-state index in [0.717, 1.165) is 23.6 Å². The molecule has 2 aromatic carbocycles. The van der Waals surface area contributed by atoms with Crippen LogP contribution >= 0.6 is 12.4 Å². The highest BCUT2D eigenvalue weighted by Gasteiger charge is 2.35. The number of aliphatic hydroxyl groups is 1. The molecule has 0 aliphatic heterocycles. The third-order valence-corrected chi connectivity index (χ3v) is 5.12. The summed E-state index contributed by atoms with van der Waals surface area (Å²) in [6.45, 7) is 1.04. The predicted octanol–water partition coefficient (Wildman–Crippen LogP) is 5.43. The quantitative estimate of drug-likeness (QED) is 0.345.